The van der Waals surface area contributed by atoms with Crippen molar-refractivity contribution in [2.24, 2.45) is 14.1 Å². The number of rotatable bonds is 4. The van der Waals surface area contributed by atoms with Crippen LogP contribution in [0.1, 0.15) is 48.7 Å². The van der Waals surface area contributed by atoms with E-state index in [9.17, 15) is 0 Å². The molecule has 6 heteroatoms. The zero-order valence-electron chi connectivity index (χ0n) is 12.5. The first kappa shape index (κ1) is 13.7. The Morgan fingerprint density at radius 3 is 2.32 bits per heavy atom. The minimum atomic E-state index is 0.140. The Labute approximate surface area is 113 Å². The first-order valence-electron chi connectivity index (χ1n) is 6.51. The number of hydrogen-bond donors (Lipinski definition) is 1. The van der Waals surface area contributed by atoms with Crippen molar-refractivity contribution in [3.8, 4) is 0 Å². The van der Waals surface area contributed by atoms with Crippen molar-refractivity contribution in [2.45, 2.75) is 39.8 Å². The molecular weight excluding hydrogens is 240 g/mol. The molecule has 2 rings (SSSR count). The van der Waals surface area contributed by atoms with E-state index in [1.807, 2.05) is 30.3 Å². The molecule has 0 radical (unpaired) electrons. The third kappa shape index (κ3) is 2.53. The maximum atomic E-state index is 4.46. The highest BCUT2D eigenvalue weighted by atomic mass is 15.3. The lowest BCUT2D eigenvalue weighted by molar-refractivity contribution is 0.463. The Bertz CT molecular complexity index is 568. The molecule has 0 aliphatic heterocycles. The zero-order valence-corrected chi connectivity index (χ0v) is 12.5. The topological polar surface area (TPSA) is 60.6 Å². The van der Waals surface area contributed by atoms with Gasteiger partial charge in [-0.05, 0) is 27.7 Å². The summed E-state index contributed by atoms with van der Waals surface area (Å²) in [7, 11) is 3.93. The molecule has 0 spiro atoms. The van der Waals surface area contributed by atoms with Gasteiger partial charge in [0, 0.05) is 31.4 Å². The largest absolute Gasteiger partial charge is 0.319 e. The first-order valence-corrected chi connectivity index (χ1v) is 6.51. The van der Waals surface area contributed by atoms with Gasteiger partial charge in [0.05, 0.1) is 11.7 Å². The maximum Gasteiger partial charge on any atom is 0.149 e. The molecule has 6 nitrogen and oxygen atoms in total. The molecule has 2 aromatic rings. The van der Waals surface area contributed by atoms with E-state index in [-0.39, 0.29) is 12.1 Å². The summed E-state index contributed by atoms with van der Waals surface area (Å²) < 4.78 is 3.86. The van der Waals surface area contributed by atoms with Crippen molar-refractivity contribution < 1.29 is 0 Å². The summed E-state index contributed by atoms with van der Waals surface area (Å²) in [5, 5.41) is 16.1. The Morgan fingerprint density at radius 2 is 1.84 bits per heavy atom. The van der Waals surface area contributed by atoms with E-state index in [2.05, 4.69) is 41.4 Å². The van der Waals surface area contributed by atoms with Crippen molar-refractivity contribution in [3.63, 3.8) is 0 Å². The van der Waals surface area contributed by atoms with E-state index in [0.29, 0.717) is 0 Å². The molecule has 0 aliphatic rings. The van der Waals surface area contributed by atoms with E-state index >= 15 is 0 Å². The van der Waals surface area contributed by atoms with Crippen LogP contribution in [0.2, 0.25) is 0 Å². The van der Waals surface area contributed by atoms with Gasteiger partial charge in [0.25, 0.3) is 0 Å². The molecule has 0 aliphatic carbocycles. The van der Waals surface area contributed by atoms with Gasteiger partial charge in [0.1, 0.15) is 12.2 Å². The van der Waals surface area contributed by atoms with Gasteiger partial charge in [0.2, 0.25) is 0 Å². The van der Waals surface area contributed by atoms with Crippen molar-refractivity contribution >= 4 is 0 Å². The monoisotopic (exact) mass is 262 g/mol. The van der Waals surface area contributed by atoms with E-state index in [1.165, 1.54) is 11.3 Å². The van der Waals surface area contributed by atoms with Crippen LogP contribution in [0.25, 0.3) is 0 Å². The summed E-state index contributed by atoms with van der Waals surface area (Å²) in [6.45, 7) is 8.40. The van der Waals surface area contributed by atoms with Crippen LogP contribution in [0.15, 0.2) is 6.33 Å². The van der Waals surface area contributed by atoms with Gasteiger partial charge in [-0.15, -0.1) is 10.2 Å². The zero-order chi connectivity index (χ0) is 14.2. The molecule has 2 heterocycles. The van der Waals surface area contributed by atoms with Crippen molar-refractivity contribution in [1.29, 1.82) is 0 Å². The van der Waals surface area contributed by atoms with Gasteiger partial charge in [-0.25, -0.2) is 0 Å². The summed E-state index contributed by atoms with van der Waals surface area (Å²) >= 11 is 0. The average Bonchev–Trinajstić information content (AvgIpc) is 2.84. The van der Waals surface area contributed by atoms with Crippen molar-refractivity contribution in [1.82, 2.24) is 29.9 Å². The molecule has 0 aromatic carbocycles. The van der Waals surface area contributed by atoms with Crippen molar-refractivity contribution in [2.75, 3.05) is 0 Å². The van der Waals surface area contributed by atoms with Gasteiger partial charge >= 0.3 is 0 Å². The molecule has 19 heavy (non-hydrogen) atoms. The smallest absolute Gasteiger partial charge is 0.149 e. The second kappa shape index (κ2) is 5.13. The van der Waals surface area contributed by atoms with Gasteiger partial charge < -0.3 is 9.88 Å². The molecule has 1 N–H and O–H groups in total. The fraction of sp³-hybridized carbons (Fsp3) is 0.615. The Morgan fingerprint density at radius 1 is 1.16 bits per heavy atom. The van der Waals surface area contributed by atoms with E-state index in [4.69, 9.17) is 0 Å². The Kier molecular flexibility index (Phi) is 3.71. The molecule has 0 amide bonds. The molecule has 2 aromatic heterocycles. The van der Waals surface area contributed by atoms with Crippen LogP contribution in [0.5, 0.6) is 0 Å². The third-order valence-electron chi connectivity index (χ3n) is 3.63. The summed E-state index contributed by atoms with van der Waals surface area (Å²) in [5.41, 5.74) is 3.53. The average molecular weight is 262 g/mol. The van der Waals surface area contributed by atoms with Gasteiger partial charge in [-0.2, -0.15) is 5.10 Å². The highest BCUT2D eigenvalue weighted by Gasteiger charge is 2.20. The van der Waals surface area contributed by atoms with Crippen LogP contribution in [-0.2, 0) is 14.1 Å². The number of hydrogen-bond acceptors (Lipinski definition) is 4. The van der Waals surface area contributed by atoms with E-state index in [1.54, 1.807) is 6.33 Å². The molecule has 0 saturated heterocycles. The predicted molar refractivity (Wildman–Crippen MR) is 73.7 cm³/mol. The van der Waals surface area contributed by atoms with Crippen LogP contribution in [0.4, 0.5) is 0 Å². The number of nitrogens with zero attached hydrogens (tertiary/aromatic N) is 5. The summed E-state index contributed by atoms with van der Waals surface area (Å²) in [6, 6.07) is 0.363. The summed E-state index contributed by atoms with van der Waals surface area (Å²) in [5.74, 6) is 0.936. The van der Waals surface area contributed by atoms with Crippen LogP contribution in [-0.4, -0.2) is 24.5 Å². The summed E-state index contributed by atoms with van der Waals surface area (Å²) in [6.07, 6.45) is 1.72. The van der Waals surface area contributed by atoms with Gasteiger partial charge in [-0.3, -0.25) is 4.68 Å². The van der Waals surface area contributed by atoms with Crippen LogP contribution < -0.4 is 5.32 Å². The summed E-state index contributed by atoms with van der Waals surface area (Å²) in [4.78, 5) is 0. The highest BCUT2D eigenvalue weighted by Crippen LogP contribution is 2.23. The Balaban J connectivity index is 2.17. The van der Waals surface area contributed by atoms with Crippen LogP contribution >= 0.6 is 0 Å². The highest BCUT2D eigenvalue weighted by molar-refractivity contribution is 5.27. The second-order valence-corrected chi connectivity index (χ2v) is 5.12. The molecule has 2 unspecified atom stereocenters. The molecule has 0 saturated carbocycles. The Hall–Kier alpha value is -1.69. The molecule has 2 atom stereocenters. The predicted octanol–water partition coefficient (Wildman–Crippen LogP) is 1.58. The third-order valence-corrected chi connectivity index (χ3v) is 3.63. The second-order valence-electron chi connectivity index (χ2n) is 5.12. The minimum absolute atomic E-state index is 0.140. The van der Waals surface area contributed by atoms with Crippen molar-refractivity contribution in [3.05, 3.63) is 29.1 Å². The lowest BCUT2D eigenvalue weighted by Gasteiger charge is -2.20. The fourth-order valence-electron chi connectivity index (χ4n) is 2.63. The van der Waals surface area contributed by atoms with Gasteiger partial charge in [0.15, 0.2) is 0 Å². The number of aryl methyl sites for hydroxylation is 3. The maximum absolute atomic E-state index is 4.46. The normalized spacial score (nSPS) is 14.6. The van der Waals surface area contributed by atoms with E-state index in [0.717, 1.165) is 11.5 Å². The standard InChI is InChI=1S/C13H22N6/c1-8(12-9(2)17-19(6)11(12)4)15-10(3)13-16-14-7-18(13)5/h7-8,10,15H,1-6H3. The SMILES string of the molecule is Cc1nn(C)c(C)c1C(C)NC(C)c1nncn1C. The van der Waals surface area contributed by atoms with E-state index < -0.39 is 0 Å². The molecular formula is C13H22N6. The number of nitrogens with one attached hydrogen (secondary N) is 1. The quantitative estimate of drug-likeness (QED) is 0.908. The minimum Gasteiger partial charge on any atom is -0.319 e. The number of aromatic nitrogens is 5. The molecule has 0 fully saturated rings. The first-order chi connectivity index (χ1) is 8.91. The van der Waals surface area contributed by atoms with Gasteiger partial charge in [-0.1, -0.05) is 0 Å². The van der Waals surface area contributed by atoms with Crippen LogP contribution in [0, 0.1) is 13.8 Å². The lowest BCUT2D eigenvalue weighted by atomic mass is 10.1. The lowest BCUT2D eigenvalue weighted by Crippen LogP contribution is -2.25. The fourth-order valence-corrected chi connectivity index (χ4v) is 2.63. The molecule has 104 valence electrons. The van der Waals surface area contributed by atoms with Crippen LogP contribution in [0.3, 0.4) is 0 Å². The molecule has 0 bridgehead atoms.